The first-order valence-corrected chi connectivity index (χ1v) is 3.79. The van der Waals surface area contributed by atoms with E-state index in [1.807, 2.05) is 0 Å². The summed E-state index contributed by atoms with van der Waals surface area (Å²) in [5, 5.41) is 0. The second-order valence-electron chi connectivity index (χ2n) is 1.56. The Balaban J connectivity index is 3.91. The van der Waals surface area contributed by atoms with Crippen LogP contribution in [0.15, 0.2) is 0 Å². The molecule has 0 bridgehead atoms. The van der Waals surface area contributed by atoms with Gasteiger partial charge in [-0.05, 0) is 0 Å². The van der Waals surface area contributed by atoms with Crippen molar-refractivity contribution >= 4 is 10.3 Å². The normalized spacial score (nSPS) is 13.5. The van der Waals surface area contributed by atoms with E-state index >= 15 is 0 Å². The fourth-order valence-corrected chi connectivity index (χ4v) is 0.687. The number of rotatable bonds is 3. The van der Waals surface area contributed by atoms with Crippen LogP contribution >= 0.6 is 0 Å². The molecule has 0 spiro atoms. The van der Waals surface area contributed by atoms with Crippen molar-refractivity contribution in [3.05, 3.63) is 0 Å². The van der Waals surface area contributed by atoms with Crippen LogP contribution in [0.3, 0.4) is 0 Å². The molecule has 0 aliphatic rings. The van der Waals surface area contributed by atoms with Gasteiger partial charge in [-0.15, -0.1) is 0 Å². The molecule has 1 N–H and O–H groups in total. The average molecular weight is 193 g/mol. The van der Waals surface area contributed by atoms with Crippen molar-refractivity contribution in [3.8, 4) is 0 Å². The van der Waals surface area contributed by atoms with E-state index < -0.39 is 23.0 Å². The smallest absolute Gasteiger partial charge is 0.261 e. The zero-order valence-electron chi connectivity index (χ0n) is 5.47. The lowest BCUT2D eigenvalue weighted by molar-refractivity contribution is -0.121. The second-order valence-corrected chi connectivity index (χ2v) is 3.09. The molecule has 0 heterocycles. The van der Waals surface area contributed by atoms with Gasteiger partial charge in [0.1, 0.15) is 6.54 Å². The van der Waals surface area contributed by atoms with Crippen LogP contribution in [-0.2, 0) is 14.5 Å². The number of hydrogen-bond acceptors (Lipinski definition) is 3. The van der Waals surface area contributed by atoms with E-state index in [4.69, 9.17) is 0 Å². The Morgan fingerprint density at radius 3 is 2.18 bits per heavy atom. The molecule has 11 heavy (non-hydrogen) atoms. The van der Waals surface area contributed by atoms with Gasteiger partial charge >= 0.3 is 16.5 Å². The fraction of sp³-hybridized carbons (Fsp3) is 1.00. The lowest BCUT2D eigenvalue weighted by atomic mass is 10.7. The van der Waals surface area contributed by atoms with Crippen molar-refractivity contribution in [1.29, 1.82) is 0 Å². The summed E-state index contributed by atoms with van der Waals surface area (Å²) in [6, 6.07) is 0. The Morgan fingerprint density at radius 2 is 1.91 bits per heavy atom. The van der Waals surface area contributed by atoms with E-state index in [9.17, 15) is 21.6 Å². The zero-order chi connectivity index (χ0) is 9.12. The first-order valence-electron chi connectivity index (χ1n) is 2.39. The maximum Gasteiger partial charge on any atom is 0.402 e. The number of halogens is 3. The predicted molar refractivity (Wildman–Crippen MR) is 30.0 cm³/mol. The summed E-state index contributed by atoms with van der Waals surface area (Å²) in [5.41, 5.74) is 0. The monoisotopic (exact) mass is 193 g/mol. The quantitative estimate of drug-likeness (QED) is 0.687. The third-order valence-corrected chi connectivity index (χ3v) is 1.61. The summed E-state index contributed by atoms with van der Waals surface area (Å²) >= 11 is 0. The molecule has 68 valence electrons. The van der Waals surface area contributed by atoms with Crippen molar-refractivity contribution in [2.24, 2.45) is 0 Å². The van der Waals surface area contributed by atoms with Crippen LogP contribution in [0.1, 0.15) is 0 Å². The van der Waals surface area contributed by atoms with Crippen molar-refractivity contribution in [2.45, 2.75) is 6.18 Å². The molecule has 0 unspecified atom stereocenters. The van der Waals surface area contributed by atoms with Gasteiger partial charge in [0, 0.05) is 0 Å². The minimum absolute atomic E-state index is 0.763. The third-order valence-electron chi connectivity index (χ3n) is 0.669. The molecular formula is C3H6F3NO3S. The Labute approximate surface area is 61.6 Å². The van der Waals surface area contributed by atoms with Crippen LogP contribution in [0.4, 0.5) is 13.2 Å². The number of hydrogen-bond donors (Lipinski definition) is 1. The molecule has 0 fully saturated rings. The van der Waals surface area contributed by atoms with Crippen molar-refractivity contribution in [1.82, 2.24) is 4.72 Å². The van der Waals surface area contributed by atoms with Crippen LogP contribution in [0, 0.1) is 0 Å². The first kappa shape index (κ1) is 10.7. The first-order chi connectivity index (χ1) is 4.77. The summed E-state index contributed by atoms with van der Waals surface area (Å²) < 4.78 is 59.3. The van der Waals surface area contributed by atoms with Gasteiger partial charge < -0.3 is 0 Å². The third kappa shape index (κ3) is 6.07. The molecule has 0 rings (SSSR count). The minimum Gasteiger partial charge on any atom is -0.261 e. The Bertz CT molecular complexity index is 208. The highest BCUT2D eigenvalue weighted by Gasteiger charge is 2.29. The molecule has 0 saturated carbocycles. The molecule has 0 atom stereocenters. The molecular weight excluding hydrogens is 187 g/mol. The van der Waals surface area contributed by atoms with Gasteiger partial charge in [0.15, 0.2) is 0 Å². The molecule has 0 aliphatic heterocycles. The Morgan fingerprint density at radius 1 is 1.45 bits per heavy atom. The highest BCUT2D eigenvalue weighted by Crippen LogP contribution is 2.12. The summed E-state index contributed by atoms with van der Waals surface area (Å²) in [6.07, 6.45) is -4.56. The summed E-state index contributed by atoms with van der Waals surface area (Å²) in [5.74, 6) is 0. The van der Waals surface area contributed by atoms with Gasteiger partial charge in [0.2, 0.25) is 0 Å². The summed E-state index contributed by atoms with van der Waals surface area (Å²) in [4.78, 5) is 0. The zero-order valence-corrected chi connectivity index (χ0v) is 6.29. The van der Waals surface area contributed by atoms with E-state index in [-0.39, 0.29) is 0 Å². The average Bonchev–Trinajstić information content (AvgIpc) is 1.83. The maximum absolute atomic E-state index is 11.3. The Hall–Kier alpha value is -0.340. The van der Waals surface area contributed by atoms with Crippen LogP contribution in [0.5, 0.6) is 0 Å². The van der Waals surface area contributed by atoms with Crippen LogP contribution in [0.2, 0.25) is 0 Å². The number of nitrogens with one attached hydrogen (secondary N) is 1. The topological polar surface area (TPSA) is 55.4 Å². The van der Waals surface area contributed by atoms with Gasteiger partial charge in [0.25, 0.3) is 0 Å². The largest absolute Gasteiger partial charge is 0.402 e. The molecule has 0 aliphatic carbocycles. The molecule has 0 radical (unpaired) electrons. The van der Waals surface area contributed by atoms with E-state index in [2.05, 4.69) is 4.18 Å². The van der Waals surface area contributed by atoms with Gasteiger partial charge in [-0.1, -0.05) is 0 Å². The SMILES string of the molecule is COS(=O)(=O)NCC(F)(F)F. The van der Waals surface area contributed by atoms with Crippen LogP contribution in [-0.4, -0.2) is 28.2 Å². The van der Waals surface area contributed by atoms with Crippen molar-refractivity contribution in [3.63, 3.8) is 0 Å². The van der Waals surface area contributed by atoms with Gasteiger partial charge in [-0.2, -0.15) is 26.3 Å². The summed E-state index contributed by atoms with van der Waals surface area (Å²) in [7, 11) is -3.46. The molecule has 0 saturated heterocycles. The van der Waals surface area contributed by atoms with Gasteiger partial charge in [-0.3, -0.25) is 4.18 Å². The predicted octanol–water partition coefficient (Wildman–Crippen LogP) is 0.0295. The molecule has 0 aromatic carbocycles. The summed E-state index contributed by atoms with van der Waals surface area (Å²) in [6.45, 7) is -1.62. The molecule has 0 amide bonds. The maximum atomic E-state index is 11.3. The molecule has 4 nitrogen and oxygen atoms in total. The van der Waals surface area contributed by atoms with Gasteiger partial charge in [0.05, 0.1) is 7.11 Å². The van der Waals surface area contributed by atoms with Gasteiger partial charge in [-0.25, -0.2) is 0 Å². The van der Waals surface area contributed by atoms with E-state index in [1.165, 1.54) is 4.72 Å². The Kier molecular flexibility index (Phi) is 3.27. The van der Waals surface area contributed by atoms with E-state index in [0.29, 0.717) is 0 Å². The fourth-order valence-electron chi connectivity index (χ4n) is 0.229. The highest BCUT2D eigenvalue weighted by molar-refractivity contribution is 7.84. The molecule has 8 heteroatoms. The van der Waals surface area contributed by atoms with E-state index in [1.54, 1.807) is 0 Å². The number of alkyl halides is 3. The van der Waals surface area contributed by atoms with Crippen molar-refractivity contribution in [2.75, 3.05) is 13.7 Å². The highest BCUT2D eigenvalue weighted by atomic mass is 32.2. The van der Waals surface area contributed by atoms with Crippen LogP contribution < -0.4 is 4.72 Å². The second kappa shape index (κ2) is 3.37. The standard InChI is InChI=1S/C3H6F3NO3S/c1-10-11(8,9)7-2-3(4,5)6/h7H,2H2,1H3. The van der Waals surface area contributed by atoms with Crippen LogP contribution in [0.25, 0.3) is 0 Å². The molecule has 0 aromatic heterocycles. The lowest BCUT2D eigenvalue weighted by Gasteiger charge is -2.06. The lowest BCUT2D eigenvalue weighted by Crippen LogP contribution is -2.34. The van der Waals surface area contributed by atoms with Crippen molar-refractivity contribution < 1.29 is 25.8 Å². The minimum atomic E-state index is -4.56. The molecule has 0 aromatic rings. The van der Waals surface area contributed by atoms with E-state index in [0.717, 1.165) is 7.11 Å².